The molecular formula is C22H20N4O3S2. The van der Waals surface area contributed by atoms with Crippen LogP contribution in [0.1, 0.15) is 20.7 Å². The van der Waals surface area contributed by atoms with Crippen LogP contribution in [0.25, 0.3) is 10.2 Å². The molecule has 5 rings (SSSR count). The van der Waals surface area contributed by atoms with E-state index in [9.17, 15) is 14.4 Å². The number of fused-ring (bicyclic) bond motifs is 2. The van der Waals surface area contributed by atoms with E-state index in [-0.39, 0.29) is 12.5 Å². The first-order chi connectivity index (χ1) is 15.0. The molecule has 2 aliphatic heterocycles. The summed E-state index contributed by atoms with van der Waals surface area (Å²) in [6.07, 6.45) is 2.06. The molecule has 1 fully saturated rings. The van der Waals surface area contributed by atoms with Gasteiger partial charge in [0.1, 0.15) is 6.54 Å². The van der Waals surface area contributed by atoms with Crippen LogP contribution in [0, 0.1) is 0 Å². The third-order valence-electron chi connectivity index (χ3n) is 5.66. The molecule has 0 radical (unpaired) electrons. The molecule has 3 aromatic rings. The zero-order valence-corrected chi connectivity index (χ0v) is 18.5. The summed E-state index contributed by atoms with van der Waals surface area (Å²) in [7, 11) is 0. The van der Waals surface area contributed by atoms with Crippen LogP contribution in [0.2, 0.25) is 0 Å². The minimum atomic E-state index is -0.397. The van der Waals surface area contributed by atoms with E-state index in [0.29, 0.717) is 37.3 Å². The number of aromatic nitrogens is 1. The van der Waals surface area contributed by atoms with Gasteiger partial charge in [-0.3, -0.25) is 19.3 Å². The van der Waals surface area contributed by atoms with Gasteiger partial charge in [-0.2, -0.15) is 0 Å². The Labute approximate surface area is 187 Å². The van der Waals surface area contributed by atoms with Gasteiger partial charge < -0.3 is 9.80 Å². The molecule has 0 aliphatic carbocycles. The Kier molecular flexibility index (Phi) is 5.15. The summed E-state index contributed by atoms with van der Waals surface area (Å²) in [5.41, 5.74) is 1.72. The van der Waals surface area contributed by atoms with Crippen LogP contribution in [0.3, 0.4) is 0 Å². The van der Waals surface area contributed by atoms with Gasteiger partial charge in [0.25, 0.3) is 11.8 Å². The number of carbonyl (C=O) groups is 3. The Balaban J connectivity index is 1.22. The number of benzene rings is 2. The van der Waals surface area contributed by atoms with E-state index in [1.165, 1.54) is 4.90 Å². The first-order valence-corrected chi connectivity index (χ1v) is 12.0. The maximum absolute atomic E-state index is 12.8. The van der Waals surface area contributed by atoms with Crippen molar-refractivity contribution < 1.29 is 14.4 Å². The van der Waals surface area contributed by atoms with E-state index in [0.717, 1.165) is 20.2 Å². The molecule has 1 aromatic heterocycles. The number of anilines is 1. The fourth-order valence-electron chi connectivity index (χ4n) is 3.92. The monoisotopic (exact) mass is 452 g/mol. The number of imide groups is 1. The summed E-state index contributed by atoms with van der Waals surface area (Å²) in [5.74, 6) is -0.999. The van der Waals surface area contributed by atoms with E-state index >= 15 is 0 Å². The second-order valence-corrected chi connectivity index (χ2v) is 9.33. The van der Waals surface area contributed by atoms with E-state index in [2.05, 4.69) is 23.3 Å². The number of hydrogen-bond donors (Lipinski definition) is 0. The number of piperazine rings is 1. The van der Waals surface area contributed by atoms with Crippen molar-refractivity contribution >= 4 is 56.2 Å². The lowest BCUT2D eigenvalue weighted by atomic mass is 10.1. The Bertz CT molecular complexity index is 1170. The lowest BCUT2D eigenvalue weighted by Gasteiger charge is -2.35. The molecule has 3 amide bonds. The highest BCUT2D eigenvalue weighted by Gasteiger charge is 2.37. The van der Waals surface area contributed by atoms with Gasteiger partial charge in [-0.15, -0.1) is 11.8 Å². The second-order valence-electron chi connectivity index (χ2n) is 7.44. The highest BCUT2D eigenvalue weighted by Crippen LogP contribution is 2.32. The quantitative estimate of drug-likeness (QED) is 0.448. The van der Waals surface area contributed by atoms with Gasteiger partial charge in [-0.05, 0) is 36.6 Å². The summed E-state index contributed by atoms with van der Waals surface area (Å²) in [4.78, 5) is 48.7. The van der Waals surface area contributed by atoms with Crippen molar-refractivity contribution in [3.63, 3.8) is 0 Å². The molecule has 9 heteroatoms. The molecule has 0 atom stereocenters. The molecule has 7 nitrogen and oxygen atoms in total. The number of thiazole rings is 1. The molecular weight excluding hydrogens is 432 g/mol. The Morgan fingerprint density at radius 2 is 1.71 bits per heavy atom. The average molecular weight is 453 g/mol. The predicted octanol–water partition coefficient (Wildman–Crippen LogP) is 2.96. The highest BCUT2D eigenvalue weighted by atomic mass is 32.2. The zero-order valence-electron chi connectivity index (χ0n) is 16.9. The van der Waals surface area contributed by atoms with Crippen LogP contribution in [0.4, 0.5) is 5.13 Å². The van der Waals surface area contributed by atoms with Crippen molar-refractivity contribution in [3.05, 3.63) is 53.6 Å². The van der Waals surface area contributed by atoms with Crippen molar-refractivity contribution in [1.82, 2.24) is 14.8 Å². The first-order valence-electron chi connectivity index (χ1n) is 9.97. The molecule has 31 heavy (non-hydrogen) atoms. The first kappa shape index (κ1) is 20.0. The molecule has 158 valence electrons. The van der Waals surface area contributed by atoms with Crippen LogP contribution in [-0.2, 0) is 4.79 Å². The molecule has 1 saturated heterocycles. The van der Waals surface area contributed by atoms with Crippen molar-refractivity contribution in [2.75, 3.05) is 43.9 Å². The molecule has 2 aliphatic rings. The van der Waals surface area contributed by atoms with Crippen LogP contribution < -0.4 is 4.90 Å². The van der Waals surface area contributed by atoms with Crippen molar-refractivity contribution in [2.45, 2.75) is 4.90 Å². The molecule has 2 aromatic carbocycles. The zero-order chi connectivity index (χ0) is 21.5. The lowest BCUT2D eigenvalue weighted by Crippen LogP contribution is -2.51. The molecule has 0 unspecified atom stereocenters. The fraction of sp³-hybridized carbons (Fsp3) is 0.273. The van der Waals surface area contributed by atoms with Crippen LogP contribution >= 0.6 is 23.1 Å². The summed E-state index contributed by atoms with van der Waals surface area (Å²) in [5, 5.41) is 0.959. The standard InChI is InChI=1S/C22H20N4O3S2/c1-30-14-6-7-17-18(12-14)31-22(23-17)25-10-8-24(9-11-25)19(27)13-26-20(28)15-4-2-3-5-16(15)21(26)29/h2-7,12H,8-11,13H2,1H3. The molecule has 3 heterocycles. The minimum absolute atomic E-state index is 0.205. The Morgan fingerprint density at radius 3 is 2.35 bits per heavy atom. The lowest BCUT2D eigenvalue weighted by molar-refractivity contribution is -0.131. The number of nitrogens with zero attached hydrogens (tertiary/aromatic N) is 4. The molecule has 0 spiro atoms. The van der Waals surface area contributed by atoms with Crippen molar-refractivity contribution in [3.8, 4) is 0 Å². The minimum Gasteiger partial charge on any atom is -0.345 e. The van der Waals surface area contributed by atoms with Crippen molar-refractivity contribution in [2.24, 2.45) is 0 Å². The molecule has 0 N–H and O–H groups in total. The van der Waals surface area contributed by atoms with Gasteiger partial charge in [0.05, 0.1) is 21.3 Å². The Hall–Kier alpha value is -2.91. The normalized spacial score (nSPS) is 16.4. The van der Waals surface area contributed by atoms with E-state index < -0.39 is 11.8 Å². The Morgan fingerprint density at radius 1 is 1.03 bits per heavy atom. The average Bonchev–Trinajstić information content (AvgIpc) is 3.34. The topological polar surface area (TPSA) is 73.8 Å². The number of thioether (sulfide) groups is 1. The van der Waals surface area contributed by atoms with Crippen molar-refractivity contribution in [1.29, 1.82) is 0 Å². The summed E-state index contributed by atoms with van der Waals surface area (Å²) < 4.78 is 1.16. The molecule has 0 bridgehead atoms. The summed E-state index contributed by atoms with van der Waals surface area (Å²) in [6, 6.07) is 13.0. The summed E-state index contributed by atoms with van der Waals surface area (Å²) in [6.45, 7) is 2.19. The highest BCUT2D eigenvalue weighted by molar-refractivity contribution is 7.98. The van der Waals surface area contributed by atoms with Crippen LogP contribution in [0.5, 0.6) is 0 Å². The summed E-state index contributed by atoms with van der Waals surface area (Å²) >= 11 is 3.37. The largest absolute Gasteiger partial charge is 0.345 e. The van der Waals surface area contributed by atoms with Gasteiger partial charge in [-0.1, -0.05) is 23.5 Å². The van der Waals surface area contributed by atoms with Gasteiger partial charge in [0.15, 0.2) is 5.13 Å². The smallest absolute Gasteiger partial charge is 0.262 e. The third kappa shape index (κ3) is 3.57. The van der Waals surface area contributed by atoms with E-state index in [1.54, 1.807) is 52.3 Å². The van der Waals surface area contributed by atoms with Crippen LogP contribution in [-0.4, -0.2) is 71.5 Å². The van der Waals surface area contributed by atoms with E-state index in [1.807, 2.05) is 6.07 Å². The predicted molar refractivity (Wildman–Crippen MR) is 122 cm³/mol. The maximum Gasteiger partial charge on any atom is 0.262 e. The number of carbonyl (C=O) groups excluding carboxylic acids is 3. The number of rotatable bonds is 4. The van der Waals surface area contributed by atoms with E-state index in [4.69, 9.17) is 4.98 Å². The number of amides is 3. The van der Waals surface area contributed by atoms with Gasteiger partial charge in [0, 0.05) is 31.1 Å². The maximum atomic E-state index is 12.8. The number of hydrogen-bond acceptors (Lipinski definition) is 7. The SMILES string of the molecule is CSc1ccc2nc(N3CCN(C(=O)CN4C(=O)c5ccccc5C4=O)CC3)sc2c1. The second kappa shape index (κ2) is 7.97. The van der Waals surface area contributed by atoms with Gasteiger partial charge in [0.2, 0.25) is 5.91 Å². The van der Waals surface area contributed by atoms with Gasteiger partial charge >= 0.3 is 0 Å². The molecule has 0 saturated carbocycles. The van der Waals surface area contributed by atoms with Gasteiger partial charge in [-0.25, -0.2) is 4.98 Å². The third-order valence-corrected chi connectivity index (χ3v) is 7.46. The fourth-order valence-corrected chi connectivity index (χ4v) is 5.49. The van der Waals surface area contributed by atoms with Crippen LogP contribution in [0.15, 0.2) is 47.4 Å².